The Kier molecular flexibility index (Phi) is 11.9. The Morgan fingerprint density at radius 1 is 1.00 bits per heavy atom. The van der Waals surface area contributed by atoms with Crippen LogP contribution in [0, 0.1) is 23.7 Å². The van der Waals surface area contributed by atoms with Crippen molar-refractivity contribution in [3.05, 3.63) is 58.1 Å². The van der Waals surface area contributed by atoms with Gasteiger partial charge in [-0.05, 0) is 138 Å². The predicted molar refractivity (Wildman–Crippen MR) is 210 cm³/mol. The molecule has 2 aromatic carbocycles. The topological polar surface area (TPSA) is 108 Å². The van der Waals surface area contributed by atoms with Gasteiger partial charge in [-0.15, -0.1) is 12.4 Å². The van der Waals surface area contributed by atoms with E-state index < -0.39 is 21.2 Å². The van der Waals surface area contributed by atoms with Gasteiger partial charge in [0, 0.05) is 53.6 Å². The molecular weight excluding hydrogens is 719 g/mol. The summed E-state index contributed by atoms with van der Waals surface area (Å²) in [7, 11) is -1.65. The number of aldehydes is 1. The van der Waals surface area contributed by atoms with E-state index in [1.807, 2.05) is 13.0 Å². The van der Waals surface area contributed by atoms with E-state index in [-0.39, 0.29) is 29.7 Å². The molecule has 2 aliphatic carbocycles. The molecule has 2 N–H and O–H groups in total. The van der Waals surface area contributed by atoms with Crippen molar-refractivity contribution in [3.63, 3.8) is 0 Å². The summed E-state index contributed by atoms with van der Waals surface area (Å²) >= 11 is 6.39. The molecule has 12 heteroatoms. The fourth-order valence-corrected chi connectivity index (χ4v) is 11.2. The van der Waals surface area contributed by atoms with Gasteiger partial charge >= 0.3 is 0 Å². The lowest BCUT2D eigenvalue weighted by Gasteiger charge is -2.46. The molecule has 2 bridgehead atoms. The molecule has 2 saturated heterocycles. The zero-order chi connectivity index (χ0) is 36.0. The molecule has 6 atom stereocenters. The van der Waals surface area contributed by atoms with Crippen molar-refractivity contribution in [3.8, 4) is 5.75 Å². The number of ether oxygens (including phenoxy) is 1. The van der Waals surface area contributed by atoms with Crippen LogP contribution in [0.1, 0.15) is 93.1 Å². The van der Waals surface area contributed by atoms with Crippen LogP contribution in [0.3, 0.4) is 0 Å². The number of nitrogens with one attached hydrogen (secondary N) is 2. The number of likely N-dealkylation sites (N-methyl/N-ethyl adjacent to an activating group) is 1. The van der Waals surface area contributed by atoms with Crippen molar-refractivity contribution in [2.24, 2.45) is 23.7 Å². The second kappa shape index (κ2) is 15.8. The highest BCUT2D eigenvalue weighted by Gasteiger charge is 2.45. The first-order valence-corrected chi connectivity index (χ1v) is 21.1. The summed E-state index contributed by atoms with van der Waals surface area (Å²) in [6.07, 6.45) is 11.2. The van der Waals surface area contributed by atoms with Crippen LogP contribution in [-0.4, -0.2) is 82.7 Å². The number of carbonyl (C=O) groups is 2. The van der Waals surface area contributed by atoms with Crippen molar-refractivity contribution in [1.82, 2.24) is 14.9 Å². The number of fused-ring (bicyclic) bond motifs is 4. The third-order valence-electron chi connectivity index (χ3n) is 13.5. The third-order valence-corrected chi connectivity index (χ3v) is 15.7. The zero-order valence-corrected chi connectivity index (χ0v) is 33.3. The van der Waals surface area contributed by atoms with Gasteiger partial charge in [0.25, 0.3) is 5.91 Å². The summed E-state index contributed by atoms with van der Waals surface area (Å²) in [5.41, 5.74) is 3.97. The molecule has 1 saturated carbocycles. The van der Waals surface area contributed by atoms with Gasteiger partial charge < -0.3 is 19.7 Å². The molecule has 0 radical (unpaired) electrons. The van der Waals surface area contributed by atoms with Crippen LogP contribution in [0.4, 0.5) is 5.69 Å². The van der Waals surface area contributed by atoms with E-state index in [0.717, 1.165) is 68.5 Å². The van der Waals surface area contributed by atoms with E-state index in [0.29, 0.717) is 48.3 Å². The Morgan fingerprint density at radius 2 is 1.81 bits per heavy atom. The van der Waals surface area contributed by atoms with Gasteiger partial charge in [-0.25, -0.2) is 13.1 Å². The van der Waals surface area contributed by atoms with Crippen molar-refractivity contribution >= 4 is 51.9 Å². The summed E-state index contributed by atoms with van der Waals surface area (Å²) in [5.74, 6) is 0.559. The van der Waals surface area contributed by atoms with Crippen LogP contribution in [0.2, 0.25) is 5.02 Å². The van der Waals surface area contributed by atoms with E-state index in [1.54, 1.807) is 25.1 Å². The molecule has 6 aliphatic rings. The van der Waals surface area contributed by atoms with Crippen LogP contribution < -0.4 is 19.7 Å². The summed E-state index contributed by atoms with van der Waals surface area (Å²) < 4.78 is 35.3. The van der Waals surface area contributed by atoms with Crippen molar-refractivity contribution < 1.29 is 22.7 Å². The average Bonchev–Trinajstić information content (AvgIpc) is 3.42. The summed E-state index contributed by atoms with van der Waals surface area (Å²) in [6, 6.07) is 11.4. The molecule has 9 nitrogen and oxygen atoms in total. The van der Waals surface area contributed by atoms with Crippen LogP contribution in [-0.2, 0) is 26.7 Å². The maximum absolute atomic E-state index is 13.3. The van der Waals surface area contributed by atoms with Crippen molar-refractivity contribution in [2.45, 2.75) is 94.3 Å². The van der Waals surface area contributed by atoms with Crippen LogP contribution >= 0.6 is 24.0 Å². The Balaban J connectivity index is 0.000000402. The quantitative estimate of drug-likeness (QED) is 0.321. The third kappa shape index (κ3) is 7.61. The molecule has 0 aromatic heterocycles. The number of amides is 1. The number of carbonyl (C=O) groups excluding carboxylic acids is 2. The molecule has 2 aromatic rings. The van der Waals surface area contributed by atoms with Crippen LogP contribution in [0.25, 0.3) is 0 Å². The van der Waals surface area contributed by atoms with E-state index in [2.05, 4.69) is 39.0 Å². The minimum absolute atomic E-state index is 0. The Morgan fingerprint density at radius 3 is 2.46 bits per heavy atom. The molecule has 286 valence electrons. The van der Waals surface area contributed by atoms with Gasteiger partial charge in [-0.1, -0.05) is 31.0 Å². The Bertz CT molecular complexity index is 1740. The fourth-order valence-electron chi connectivity index (χ4n) is 9.74. The summed E-state index contributed by atoms with van der Waals surface area (Å²) in [4.78, 5) is 30.5. The lowest BCUT2D eigenvalue weighted by atomic mass is 9.65. The molecule has 1 amide bonds. The molecule has 8 rings (SSSR count). The van der Waals surface area contributed by atoms with Gasteiger partial charge in [0.1, 0.15) is 12.0 Å². The average molecular weight is 776 g/mol. The van der Waals surface area contributed by atoms with Gasteiger partial charge in [-0.2, -0.15) is 0 Å². The highest BCUT2D eigenvalue weighted by atomic mass is 35.5. The minimum atomic E-state index is -3.89. The second-order valence-electron chi connectivity index (χ2n) is 16.5. The van der Waals surface area contributed by atoms with Crippen LogP contribution in [0.15, 0.2) is 36.4 Å². The lowest BCUT2D eigenvalue weighted by molar-refractivity contribution is -0.115. The van der Waals surface area contributed by atoms with Gasteiger partial charge in [-0.3, -0.25) is 9.69 Å². The highest BCUT2D eigenvalue weighted by Crippen LogP contribution is 2.47. The zero-order valence-electron chi connectivity index (χ0n) is 30.9. The van der Waals surface area contributed by atoms with Gasteiger partial charge in [0.05, 0.1) is 17.5 Å². The molecule has 1 unspecified atom stereocenters. The first-order valence-electron chi connectivity index (χ1n) is 19.2. The minimum Gasteiger partial charge on any atom is -0.490 e. The summed E-state index contributed by atoms with van der Waals surface area (Å²) in [5, 5.41) is 3.33. The largest absolute Gasteiger partial charge is 0.490 e. The fraction of sp³-hybridized carbons (Fsp3) is 0.650. The maximum Gasteiger partial charge on any atom is 0.264 e. The Hall–Kier alpha value is -2.37. The van der Waals surface area contributed by atoms with E-state index in [9.17, 15) is 18.0 Å². The second-order valence-corrected chi connectivity index (χ2v) is 19.0. The molecule has 4 heterocycles. The molecule has 52 heavy (non-hydrogen) atoms. The number of likely N-dealkylation sites (tertiary alicyclic amines) is 1. The number of aryl methyl sites for hydroxylation is 1. The standard InChI is InChI=1S/C33H41ClN2O5S.C7H14N2.ClH/c1-21-5-3-6-26(18-37)28-11-8-25(28)17-36-19-33(14-4-7-23-15-27(34)10-12-29(23)33)20-41-31-13-9-24(16-30(31)36)32(38)35-42(39,40)22(21)2;1-9-4-2-3-7(9)5-8-6-7;/h9-10,12-13,15-16,18,21-22,25-26,28H,3-8,11,14,17,19-20H2,1-2H3,(H,35,38);8H,2-6H2,1H3;1H/t21-,22+,25-,26?,28+,33-;;/m0../s1. The van der Waals surface area contributed by atoms with Gasteiger partial charge in [0.15, 0.2) is 0 Å². The first kappa shape index (κ1) is 39.3. The number of nitrogens with zero attached hydrogens (tertiary/aromatic N) is 2. The highest BCUT2D eigenvalue weighted by molar-refractivity contribution is 7.90. The van der Waals surface area contributed by atoms with Gasteiger partial charge in [0.2, 0.25) is 10.0 Å². The Labute approximate surface area is 321 Å². The SMILES string of the molecule is CN1CCCC12CNC2.C[C@@H]1[C@@H](C)CCCC(C=O)[C@@H]2CC[C@H]2CN2C[C@@]3(CCCc4cc(Cl)ccc43)COc3ccc(cc32)C(=O)NS1(=O)=O.Cl. The van der Waals surface area contributed by atoms with Crippen LogP contribution in [0.5, 0.6) is 5.75 Å². The normalized spacial score (nSPS) is 32.2. The summed E-state index contributed by atoms with van der Waals surface area (Å²) in [6.45, 7) is 9.29. The monoisotopic (exact) mass is 774 g/mol. The van der Waals surface area contributed by atoms with Crippen molar-refractivity contribution in [1.29, 1.82) is 0 Å². The number of anilines is 1. The predicted octanol–water partition coefficient (Wildman–Crippen LogP) is 6.40. The molecule has 4 aliphatic heterocycles. The van der Waals surface area contributed by atoms with E-state index >= 15 is 0 Å². The number of sulfonamides is 1. The lowest BCUT2D eigenvalue weighted by Crippen LogP contribution is -2.65. The molecular formula is C40H56Cl2N4O5S. The number of hydrogen-bond donors (Lipinski definition) is 2. The number of rotatable bonds is 1. The van der Waals surface area contributed by atoms with Crippen molar-refractivity contribution in [2.75, 3.05) is 51.3 Å². The number of halogens is 2. The number of benzene rings is 2. The molecule has 3 fully saturated rings. The first-order chi connectivity index (χ1) is 24.4. The van der Waals surface area contributed by atoms with E-state index in [1.165, 1.54) is 43.6 Å². The molecule has 2 spiro atoms. The number of hydrogen-bond acceptors (Lipinski definition) is 8. The maximum atomic E-state index is 13.3. The smallest absolute Gasteiger partial charge is 0.264 e. The van der Waals surface area contributed by atoms with E-state index in [4.69, 9.17) is 16.3 Å².